The number of carboxylic acid groups (broad SMARTS) is 1. The number of likely N-dealkylation sites (tertiary alicyclic amines) is 2. The molecular weight excluding hydrogens is 312 g/mol. The summed E-state index contributed by atoms with van der Waals surface area (Å²) in [4.78, 5) is 16.0. The van der Waals surface area contributed by atoms with E-state index in [0.29, 0.717) is 19.0 Å². The lowest BCUT2D eigenvalue weighted by Crippen LogP contribution is -2.71. The molecule has 2 fully saturated rings. The Bertz CT molecular complexity index is 635. The van der Waals surface area contributed by atoms with Gasteiger partial charge in [0.05, 0.1) is 0 Å². The predicted octanol–water partition coefficient (Wildman–Crippen LogP) is 4.17. The first-order chi connectivity index (χ1) is 11.6. The van der Waals surface area contributed by atoms with Gasteiger partial charge in [0.1, 0.15) is 0 Å². The lowest BCUT2D eigenvalue weighted by atomic mass is 9.46. The number of amides is 1. The molecule has 4 nitrogen and oxygen atoms in total. The number of benzene rings is 1. The van der Waals surface area contributed by atoms with Crippen molar-refractivity contribution < 1.29 is 9.90 Å². The summed E-state index contributed by atoms with van der Waals surface area (Å²) in [5.74, 6) is 0.356. The van der Waals surface area contributed by atoms with Gasteiger partial charge in [-0.25, -0.2) is 4.79 Å². The normalized spacial score (nSPS) is 29.5. The third kappa shape index (κ3) is 2.95. The number of nitrogens with zero attached hydrogens (tertiary/aromatic N) is 2. The van der Waals surface area contributed by atoms with E-state index < -0.39 is 6.09 Å². The Balaban J connectivity index is 1.95. The van der Waals surface area contributed by atoms with Gasteiger partial charge in [0.2, 0.25) is 0 Å². The summed E-state index contributed by atoms with van der Waals surface area (Å²) in [6.07, 6.45) is -0.773. The molecule has 0 radical (unpaired) electrons. The second-order valence-corrected chi connectivity index (χ2v) is 9.57. The molecule has 25 heavy (non-hydrogen) atoms. The molecule has 1 N–H and O–H groups in total. The lowest BCUT2D eigenvalue weighted by Gasteiger charge is -2.67. The molecule has 0 aromatic heterocycles. The molecule has 138 valence electrons. The van der Waals surface area contributed by atoms with Gasteiger partial charge in [-0.15, -0.1) is 0 Å². The molecule has 1 amide bonds. The third-order valence-corrected chi connectivity index (χ3v) is 7.08. The van der Waals surface area contributed by atoms with Crippen molar-refractivity contribution in [2.45, 2.75) is 41.2 Å². The Morgan fingerprint density at radius 2 is 1.80 bits per heavy atom. The van der Waals surface area contributed by atoms with Crippen LogP contribution < -0.4 is 0 Å². The van der Waals surface area contributed by atoms with Crippen LogP contribution in [0.25, 0.3) is 0 Å². The third-order valence-electron chi connectivity index (χ3n) is 7.08. The second-order valence-electron chi connectivity index (χ2n) is 9.57. The maximum absolute atomic E-state index is 11.8. The van der Waals surface area contributed by atoms with E-state index in [9.17, 15) is 9.90 Å². The fraction of sp³-hybridized carbons (Fsp3) is 0.667. The molecule has 0 aliphatic carbocycles. The van der Waals surface area contributed by atoms with E-state index in [-0.39, 0.29) is 16.2 Å². The van der Waals surface area contributed by atoms with Crippen molar-refractivity contribution in [3.8, 4) is 0 Å². The SMILES string of the molecule is CC(C)(C)C12CN(Cc3ccccc3)CC(CN(C(=O)O)C1)C2(C)C. The van der Waals surface area contributed by atoms with Gasteiger partial charge in [-0.2, -0.15) is 0 Å². The molecule has 4 heteroatoms. The van der Waals surface area contributed by atoms with Crippen LogP contribution in [0.3, 0.4) is 0 Å². The van der Waals surface area contributed by atoms with Gasteiger partial charge < -0.3 is 10.0 Å². The van der Waals surface area contributed by atoms with Crippen molar-refractivity contribution in [1.82, 2.24) is 9.80 Å². The Labute approximate surface area is 151 Å². The van der Waals surface area contributed by atoms with Crippen LogP contribution in [0.1, 0.15) is 40.2 Å². The summed E-state index contributed by atoms with van der Waals surface area (Å²) >= 11 is 0. The van der Waals surface area contributed by atoms with Gasteiger partial charge in [-0.05, 0) is 22.3 Å². The average molecular weight is 344 g/mol. The van der Waals surface area contributed by atoms with E-state index in [2.05, 4.69) is 69.9 Å². The molecule has 2 saturated heterocycles. The summed E-state index contributed by atoms with van der Waals surface area (Å²) < 4.78 is 0. The first kappa shape index (κ1) is 18.2. The van der Waals surface area contributed by atoms with Gasteiger partial charge in [0.15, 0.2) is 0 Å². The van der Waals surface area contributed by atoms with Crippen LogP contribution in [0.5, 0.6) is 0 Å². The summed E-state index contributed by atoms with van der Waals surface area (Å²) in [5.41, 5.74) is 1.41. The van der Waals surface area contributed by atoms with Gasteiger partial charge in [-0.1, -0.05) is 65.0 Å². The van der Waals surface area contributed by atoms with E-state index in [0.717, 1.165) is 19.6 Å². The highest BCUT2D eigenvalue weighted by Gasteiger charge is 2.62. The van der Waals surface area contributed by atoms with Crippen LogP contribution in [0.4, 0.5) is 4.79 Å². The number of fused-ring (bicyclic) bond motifs is 2. The Kier molecular flexibility index (Phi) is 4.39. The molecule has 2 heterocycles. The van der Waals surface area contributed by atoms with E-state index >= 15 is 0 Å². The molecule has 2 aliphatic rings. The van der Waals surface area contributed by atoms with Crippen LogP contribution >= 0.6 is 0 Å². The van der Waals surface area contributed by atoms with Crippen molar-refractivity contribution in [1.29, 1.82) is 0 Å². The Morgan fingerprint density at radius 1 is 1.16 bits per heavy atom. The van der Waals surface area contributed by atoms with Crippen molar-refractivity contribution in [3.63, 3.8) is 0 Å². The highest BCUT2D eigenvalue weighted by molar-refractivity contribution is 5.65. The van der Waals surface area contributed by atoms with Crippen molar-refractivity contribution in [2.75, 3.05) is 26.2 Å². The minimum atomic E-state index is -0.773. The molecule has 2 unspecified atom stereocenters. The molecule has 1 aromatic rings. The van der Waals surface area contributed by atoms with Crippen molar-refractivity contribution >= 4 is 6.09 Å². The highest BCUT2D eigenvalue weighted by Crippen LogP contribution is 2.60. The maximum Gasteiger partial charge on any atom is 0.407 e. The van der Waals surface area contributed by atoms with E-state index in [1.54, 1.807) is 4.90 Å². The van der Waals surface area contributed by atoms with Crippen LogP contribution in [0.2, 0.25) is 0 Å². The molecule has 1 aromatic carbocycles. The Morgan fingerprint density at radius 3 is 2.36 bits per heavy atom. The van der Waals surface area contributed by atoms with E-state index in [1.165, 1.54) is 5.56 Å². The van der Waals surface area contributed by atoms with Crippen molar-refractivity contribution in [2.24, 2.45) is 22.2 Å². The molecule has 2 aliphatic heterocycles. The smallest absolute Gasteiger partial charge is 0.407 e. The maximum atomic E-state index is 11.8. The monoisotopic (exact) mass is 344 g/mol. The van der Waals surface area contributed by atoms with Gasteiger partial charge >= 0.3 is 6.09 Å². The number of carbonyl (C=O) groups is 1. The van der Waals surface area contributed by atoms with E-state index in [1.807, 2.05) is 0 Å². The zero-order valence-electron chi connectivity index (χ0n) is 16.2. The number of piperidine rings is 2. The summed E-state index contributed by atoms with van der Waals surface area (Å²) in [6, 6.07) is 10.6. The summed E-state index contributed by atoms with van der Waals surface area (Å²) in [5, 5.41) is 9.66. The zero-order valence-corrected chi connectivity index (χ0v) is 16.2. The minimum Gasteiger partial charge on any atom is -0.465 e. The van der Waals surface area contributed by atoms with Crippen LogP contribution in [0, 0.1) is 22.2 Å². The molecule has 0 spiro atoms. The van der Waals surface area contributed by atoms with Gasteiger partial charge in [0, 0.05) is 38.1 Å². The fourth-order valence-corrected chi connectivity index (χ4v) is 5.33. The topological polar surface area (TPSA) is 43.8 Å². The summed E-state index contributed by atoms with van der Waals surface area (Å²) in [6.45, 7) is 15.7. The quantitative estimate of drug-likeness (QED) is 0.875. The van der Waals surface area contributed by atoms with Crippen LogP contribution in [-0.2, 0) is 6.54 Å². The largest absolute Gasteiger partial charge is 0.465 e. The standard InChI is InChI=1S/C21H32N2O2/c1-19(2,3)21-14-22(11-16-9-7-6-8-10-16)12-17(20(21,4)5)13-23(15-21)18(24)25/h6-10,17H,11-15H2,1-5H3,(H,24,25). The second kappa shape index (κ2) is 6.01. The molecule has 0 saturated carbocycles. The minimum absolute atomic E-state index is 0.0260. The molecule has 3 rings (SSSR count). The van der Waals surface area contributed by atoms with Crippen LogP contribution in [0.15, 0.2) is 30.3 Å². The highest BCUT2D eigenvalue weighted by atomic mass is 16.4. The molecule has 2 bridgehead atoms. The molecular formula is C21H32N2O2. The van der Waals surface area contributed by atoms with Crippen LogP contribution in [-0.4, -0.2) is 47.2 Å². The Hall–Kier alpha value is -1.55. The van der Waals surface area contributed by atoms with Crippen molar-refractivity contribution in [3.05, 3.63) is 35.9 Å². The van der Waals surface area contributed by atoms with Gasteiger partial charge in [0.25, 0.3) is 0 Å². The first-order valence-corrected chi connectivity index (χ1v) is 9.31. The van der Waals surface area contributed by atoms with Gasteiger partial charge in [-0.3, -0.25) is 4.90 Å². The fourth-order valence-electron chi connectivity index (χ4n) is 5.33. The average Bonchev–Trinajstić information content (AvgIpc) is 2.47. The first-order valence-electron chi connectivity index (χ1n) is 9.31. The predicted molar refractivity (Wildman–Crippen MR) is 100 cm³/mol. The number of hydrogen-bond donors (Lipinski definition) is 1. The van der Waals surface area contributed by atoms with E-state index in [4.69, 9.17) is 0 Å². The zero-order chi connectivity index (χ0) is 18.5. The molecule has 2 atom stereocenters. The number of rotatable bonds is 2. The lowest BCUT2D eigenvalue weighted by molar-refractivity contribution is -0.185. The number of hydrogen-bond acceptors (Lipinski definition) is 2. The summed E-state index contributed by atoms with van der Waals surface area (Å²) in [7, 11) is 0.